The average Bonchev–Trinajstić information content (AvgIpc) is 2.67. The molecule has 2 aromatic rings. The van der Waals surface area contributed by atoms with Gasteiger partial charge in [0.05, 0.1) is 12.0 Å². The second-order valence-corrected chi connectivity index (χ2v) is 9.10. The van der Waals surface area contributed by atoms with Gasteiger partial charge in [0.25, 0.3) is 0 Å². The zero-order valence-electron chi connectivity index (χ0n) is 16.8. The quantitative estimate of drug-likeness (QED) is 0.577. The van der Waals surface area contributed by atoms with Gasteiger partial charge in [0, 0.05) is 26.2 Å². The molecule has 0 aliphatic rings. The first-order valence-corrected chi connectivity index (χ1v) is 10.9. The SMILES string of the molecule is COc1ccc(S(=O)(=O)N(CCCN(O)Cc2ccccc2)CC(C)C)cc1. The minimum Gasteiger partial charge on any atom is -0.497 e. The summed E-state index contributed by atoms with van der Waals surface area (Å²) in [6.07, 6.45) is 0.533. The van der Waals surface area contributed by atoms with Crippen molar-refractivity contribution in [3.8, 4) is 5.75 Å². The van der Waals surface area contributed by atoms with E-state index >= 15 is 0 Å². The lowest BCUT2D eigenvalue weighted by molar-refractivity contribution is -0.100. The molecular weight excluding hydrogens is 376 g/mol. The van der Waals surface area contributed by atoms with Crippen molar-refractivity contribution >= 4 is 10.0 Å². The van der Waals surface area contributed by atoms with Crippen LogP contribution in [0.3, 0.4) is 0 Å². The second kappa shape index (κ2) is 10.6. The van der Waals surface area contributed by atoms with Crippen molar-refractivity contribution < 1.29 is 18.4 Å². The third-order valence-corrected chi connectivity index (χ3v) is 6.18. The van der Waals surface area contributed by atoms with E-state index in [0.717, 1.165) is 5.56 Å². The van der Waals surface area contributed by atoms with E-state index in [1.54, 1.807) is 31.4 Å². The van der Waals surface area contributed by atoms with Gasteiger partial charge < -0.3 is 9.94 Å². The highest BCUT2D eigenvalue weighted by Gasteiger charge is 2.25. The minimum atomic E-state index is -3.60. The molecule has 0 aliphatic carbocycles. The average molecular weight is 407 g/mol. The van der Waals surface area contributed by atoms with Crippen molar-refractivity contribution in [3.63, 3.8) is 0 Å². The Hall–Kier alpha value is -1.93. The molecule has 0 atom stereocenters. The van der Waals surface area contributed by atoms with Crippen molar-refractivity contribution in [2.24, 2.45) is 5.92 Å². The summed E-state index contributed by atoms with van der Waals surface area (Å²) < 4.78 is 32.7. The molecule has 0 saturated heterocycles. The summed E-state index contributed by atoms with van der Waals surface area (Å²) >= 11 is 0. The fraction of sp³-hybridized carbons (Fsp3) is 0.429. The van der Waals surface area contributed by atoms with Gasteiger partial charge in [0.2, 0.25) is 10.0 Å². The monoisotopic (exact) mass is 406 g/mol. The zero-order chi connectivity index (χ0) is 20.6. The van der Waals surface area contributed by atoms with E-state index in [1.165, 1.54) is 9.37 Å². The van der Waals surface area contributed by atoms with Gasteiger partial charge in [-0.3, -0.25) is 0 Å². The van der Waals surface area contributed by atoms with Crippen LogP contribution in [0.4, 0.5) is 0 Å². The number of hydroxylamine groups is 2. The van der Waals surface area contributed by atoms with E-state index in [2.05, 4.69) is 0 Å². The number of hydrogen-bond acceptors (Lipinski definition) is 5. The van der Waals surface area contributed by atoms with Crippen LogP contribution in [0.1, 0.15) is 25.8 Å². The Kier molecular flexibility index (Phi) is 8.44. The van der Waals surface area contributed by atoms with Gasteiger partial charge in [-0.2, -0.15) is 9.37 Å². The van der Waals surface area contributed by atoms with Crippen molar-refractivity contribution in [1.82, 2.24) is 9.37 Å². The van der Waals surface area contributed by atoms with Gasteiger partial charge in [-0.05, 0) is 42.2 Å². The molecule has 0 fully saturated rings. The smallest absolute Gasteiger partial charge is 0.243 e. The zero-order valence-corrected chi connectivity index (χ0v) is 17.6. The number of methoxy groups -OCH3 is 1. The fourth-order valence-electron chi connectivity index (χ4n) is 2.92. The predicted octanol–water partition coefficient (Wildman–Crippen LogP) is 3.62. The van der Waals surface area contributed by atoms with Gasteiger partial charge in [-0.1, -0.05) is 44.2 Å². The van der Waals surface area contributed by atoms with Gasteiger partial charge >= 0.3 is 0 Å². The van der Waals surface area contributed by atoms with Crippen LogP contribution in [0.5, 0.6) is 5.75 Å². The minimum absolute atomic E-state index is 0.197. The summed E-state index contributed by atoms with van der Waals surface area (Å²) in [5.74, 6) is 0.814. The summed E-state index contributed by atoms with van der Waals surface area (Å²) in [5.41, 5.74) is 1.01. The van der Waals surface area contributed by atoms with Gasteiger partial charge in [-0.25, -0.2) is 8.42 Å². The molecule has 28 heavy (non-hydrogen) atoms. The van der Waals surface area contributed by atoms with Gasteiger partial charge in [0.1, 0.15) is 5.75 Å². The lowest BCUT2D eigenvalue weighted by Gasteiger charge is -2.25. The first-order chi connectivity index (χ1) is 13.3. The molecule has 0 bridgehead atoms. The molecule has 1 N–H and O–H groups in total. The standard InChI is InChI=1S/C21H30N2O4S/c1-18(2)16-23(28(25,26)21-12-10-20(27-3)11-13-21)15-7-14-22(24)17-19-8-5-4-6-9-19/h4-6,8-13,18,24H,7,14-17H2,1-3H3. The molecule has 7 heteroatoms. The highest BCUT2D eigenvalue weighted by atomic mass is 32.2. The molecule has 0 radical (unpaired) electrons. The second-order valence-electron chi connectivity index (χ2n) is 7.16. The Morgan fingerprint density at radius 1 is 1.00 bits per heavy atom. The van der Waals surface area contributed by atoms with Crippen LogP contribution in [0, 0.1) is 5.92 Å². The summed E-state index contributed by atoms with van der Waals surface area (Å²) in [7, 11) is -2.05. The lowest BCUT2D eigenvalue weighted by Crippen LogP contribution is -2.36. The van der Waals surface area contributed by atoms with Crippen molar-refractivity contribution in [1.29, 1.82) is 0 Å². The molecule has 154 valence electrons. The van der Waals surface area contributed by atoms with E-state index in [9.17, 15) is 13.6 Å². The molecule has 0 heterocycles. The Morgan fingerprint density at radius 2 is 1.64 bits per heavy atom. The normalized spacial score (nSPS) is 12.1. The largest absolute Gasteiger partial charge is 0.497 e. The van der Waals surface area contributed by atoms with Crippen LogP contribution >= 0.6 is 0 Å². The van der Waals surface area contributed by atoms with Crippen molar-refractivity contribution in [3.05, 3.63) is 60.2 Å². The van der Waals surface area contributed by atoms with E-state index < -0.39 is 10.0 Å². The molecule has 0 spiro atoms. The third-order valence-electron chi connectivity index (χ3n) is 4.30. The Balaban J connectivity index is 2.00. The predicted molar refractivity (Wildman–Crippen MR) is 110 cm³/mol. The van der Waals surface area contributed by atoms with Gasteiger partial charge in [0.15, 0.2) is 0 Å². The van der Waals surface area contributed by atoms with E-state index in [0.29, 0.717) is 38.3 Å². The molecule has 2 aromatic carbocycles. The molecule has 0 aromatic heterocycles. The van der Waals surface area contributed by atoms with Crippen LogP contribution in [-0.4, -0.2) is 49.7 Å². The third kappa shape index (κ3) is 6.60. The van der Waals surface area contributed by atoms with Crippen LogP contribution in [0.15, 0.2) is 59.5 Å². The first-order valence-electron chi connectivity index (χ1n) is 9.45. The topological polar surface area (TPSA) is 70.1 Å². The summed E-state index contributed by atoms with van der Waals surface area (Å²) in [6.45, 7) is 5.56. The van der Waals surface area contributed by atoms with Crippen LogP contribution in [0.25, 0.3) is 0 Å². The molecule has 0 unspecified atom stereocenters. The van der Waals surface area contributed by atoms with E-state index in [4.69, 9.17) is 4.74 Å². The van der Waals surface area contributed by atoms with Crippen molar-refractivity contribution in [2.75, 3.05) is 26.7 Å². The molecule has 0 saturated carbocycles. The first kappa shape index (κ1) is 22.4. The van der Waals surface area contributed by atoms with Crippen LogP contribution in [0.2, 0.25) is 0 Å². The Morgan fingerprint density at radius 3 is 2.21 bits per heavy atom. The molecule has 6 nitrogen and oxygen atoms in total. The highest BCUT2D eigenvalue weighted by molar-refractivity contribution is 7.89. The van der Waals surface area contributed by atoms with Crippen molar-refractivity contribution in [2.45, 2.75) is 31.7 Å². The number of sulfonamides is 1. The number of benzene rings is 2. The highest BCUT2D eigenvalue weighted by Crippen LogP contribution is 2.21. The molecule has 2 rings (SSSR count). The van der Waals surface area contributed by atoms with E-state index in [1.807, 2.05) is 44.2 Å². The summed E-state index contributed by atoms with van der Waals surface area (Å²) in [6, 6.07) is 16.1. The number of hydrogen-bond donors (Lipinski definition) is 1. The summed E-state index contributed by atoms with van der Waals surface area (Å²) in [4.78, 5) is 0.249. The lowest BCUT2D eigenvalue weighted by atomic mass is 10.2. The van der Waals surface area contributed by atoms with Crippen LogP contribution in [-0.2, 0) is 16.6 Å². The maximum Gasteiger partial charge on any atom is 0.243 e. The maximum absolute atomic E-state index is 13.0. The molecule has 0 aliphatic heterocycles. The summed E-state index contributed by atoms with van der Waals surface area (Å²) in [5, 5.41) is 11.4. The number of rotatable bonds is 11. The number of ether oxygens (including phenoxy) is 1. The fourth-order valence-corrected chi connectivity index (χ4v) is 4.56. The van der Waals surface area contributed by atoms with Gasteiger partial charge in [-0.15, -0.1) is 0 Å². The maximum atomic E-state index is 13.0. The van der Waals surface area contributed by atoms with Crippen LogP contribution < -0.4 is 4.74 Å². The number of nitrogens with zero attached hydrogens (tertiary/aromatic N) is 2. The van der Waals surface area contributed by atoms with E-state index in [-0.39, 0.29) is 10.8 Å². The Bertz CT molecular complexity index is 808. The Labute approximate surface area is 168 Å². The molecular formula is C21H30N2O4S. The molecule has 0 amide bonds.